The van der Waals surface area contributed by atoms with Crippen LogP contribution in [0.4, 0.5) is 0 Å². The lowest BCUT2D eigenvalue weighted by Crippen LogP contribution is -2.45. The number of unbranched alkanes of at least 4 members (excludes halogenated alkanes) is 1. The van der Waals surface area contributed by atoms with Crippen molar-refractivity contribution in [3.8, 4) is 34.2 Å². The van der Waals surface area contributed by atoms with Crippen LogP contribution in [0.5, 0.6) is 0 Å². The minimum Gasteiger partial charge on any atom is -0.283 e. The highest BCUT2D eigenvalue weighted by Gasteiger charge is 2.25. The summed E-state index contributed by atoms with van der Waals surface area (Å²) in [5, 5.41) is 16.3. The molecule has 1 aliphatic heterocycles. The van der Waals surface area contributed by atoms with Crippen LogP contribution in [0.2, 0.25) is 10.0 Å². The van der Waals surface area contributed by atoms with Crippen LogP contribution in [0.15, 0.2) is 30.3 Å². The largest absolute Gasteiger partial charge is 0.286 e. The molecule has 3 heterocycles. The quantitative estimate of drug-likeness (QED) is 0.336. The number of benzene rings is 1. The standard InChI is InChI=1S/C25H23Cl2N5OS/c1-17-23(25(33)30-31-14-6-3-7-15-31)29-32(21-11-9-18(26)16-20(21)27)24(17)22-12-10-19(34-22)8-4-2-5-13-28/h9-12,16H,2-3,5-7,14-15H2,1H3,(H,30,33). The van der Waals surface area contributed by atoms with Gasteiger partial charge in [0.25, 0.3) is 5.91 Å². The van der Waals surface area contributed by atoms with E-state index in [1.165, 1.54) is 17.8 Å². The summed E-state index contributed by atoms with van der Waals surface area (Å²) in [6.07, 6.45) is 4.24. The van der Waals surface area contributed by atoms with Crippen LogP contribution in [0.25, 0.3) is 16.3 Å². The second kappa shape index (κ2) is 11.1. The van der Waals surface area contributed by atoms with Gasteiger partial charge in [0.05, 0.1) is 32.2 Å². The maximum Gasteiger partial charge on any atom is 0.286 e. The van der Waals surface area contributed by atoms with E-state index >= 15 is 0 Å². The predicted molar refractivity (Wildman–Crippen MR) is 136 cm³/mol. The number of nitrogens with zero attached hydrogens (tertiary/aromatic N) is 4. The number of nitriles is 1. The summed E-state index contributed by atoms with van der Waals surface area (Å²) in [4.78, 5) is 15.0. The molecule has 1 amide bonds. The predicted octanol–water partition coefficient (Wildman–Crippen LogP) is 6.00. The van der Waals surface area contributed by atoms with E-state index in [4.69, 9.17) is 33.6 Å². The van der Waals surface area contributed by atoms with Crippen molar-refractivity contribution in [3.05, 3.63) is 56.5 Å². The zero-order valence-electron chi connectivity index (χ0n) is 18.7. The molecular weight excluding hydrogens is 489 g/mol. The second-order valence-electron chi connectivity index (χ2n) is 7.94. The first kappa shape index (κ1) is 24.3. The van der Waals surface area contributed by atoms with Gasteiger partial charge in [0.2, 0.25) is 0 Å². The van der Waals surface area contributed by atoms with E-state index in [-0.39, 0.29) is 5.91 Å². The van der Waals surface area contributed by atoms with Gasteiger partial charge in [-0.2, -0.15) is 10.4 Å². The molecule has 0 radical (unpaired) electrons. The van der Waals surface area contributed by atoms with Crippen molar-refractivity contribution >= 4 is 40.4 Å². The Morgan fingerprint density at radius 2 is 1.97 bits per heavy atom. The molecule has 0 unspecified atom stereocenters. The van der Waals surface area contributed by atoms with Crippen molar-refractivity contribution in [3.63, 3.8) is 0 Å². The van der Waals surface area contributed by atoms with Gasteiger partial charge in [-0.1, -0.05) is 41.5 Å². The van der Waals surface area contributed by atoms with E-state index in [1.807, 2.05) is 24.1 Å². The number of amides is 1. The Labute approximate surface area is 213 Å². The van der Waals surface area contributed by atoms with Crippen LogP contribution >= 0.6 is 34.5 Å². The smallest absolute Gasteiger partial charge is 0.283 e. The summed E-state index contributed by atoms with van der Waals surface area (Å²) in [5.74, 6) is 5.89. The molecule has 1 saturated heterocycles. The van der Waals surface area contributed by atoms with Gasteiger partial charge in [-0.05, 0) is 50.1 Å². The molecule has 174 valence electrons. The molecule has 3 aromatic rings. The summed E-state index contributed by atoms with van der Waals surface area (Å²) < 4.78 is 1.71. The lowest BCUT2D eigenvalue weighted by Gasteiger charge is -2.26. The fourth-order valence-corrected chi connectivity index (χ4v) is 5.29. The molecule has 0 bridgehead atoms. The van der Waals surface area contributed by atoms with Gasteiger partial charge >= 0.3 is 0 Å². The van der Waals surface area contributed by atoms with E-state index in [9.17, 15) is 4.79 Å². The minimum atomic E-state index is -0.238. The fourth-order valence-electron chi connectivity index (χ4n) is 3.83. The van der Waals surface area contributed by atoms with Crippen molar-refractivity contribution in [2.45, 2.75) is 39.0 Å². The van der Waals surface area contributed by atoms with Crippen LogP contribution in [0, 0.1) is 30.1 Å². The van der Waals surface area contributed by atoms with Gasteiger partial charge in [-0.3, -0.25) is 10.2 Å². The summed E-state index contributed by atoms with van der Waals surface area (Å²) >= 11 is 14.1. The van der Waals surface area contributed by atoms with Crippen LogP contribution in [0.1, 0.15) is 53.0 Å². The number of thiophene rings is 1. The van der Waals surface area contributed by atoms with E-state index in [2.05, 4.69) is 23.3 Å². The molecule has 4 rings (SSSR count). The monoisotopic (exact) mass is 511 g/mol. The number of carbonyl (C=O) groups excluding carboxylic acids is 1. The topological polar surface area (TPSA) is 74.0 Å². The molecule has 2 aromatic heterocycles. The third-order valence-electron chi connectivity index (χ3n) is 5.50. The number of nitrogens with one attached hydrogen (secondary N) is 1. The van der Waals surface area contributed by atoms with Crippen molar-refractivity contribution in [1.29, 1.82) is 5.26 Å². The molecule has 0 aliphatic carbocycles. The fraction of sp³-hybridized carbons (Fsp3) is 0.320. The first-order valence-corrected chi connectivity index (χ1v) is 12.6. The zero-order valence-corrected chi connectivity index (χ0v) is 21.0. The molecule has 0 spiro atoms. The van der Waals surface area contributed by atoms with Crippen molar-refractivity contribution in [2.24, 2.45) is 0 Å². The Morgan fingerprint density at radius 1 is 1.18 bits per heavy atom. The van der Waals surface area contributed by atoms with Gasteiger partial charge in [0, 0.05) is 36.5 Å². The van der Waals surface area contributed by atoms with Crippen molar-refractivity contribution in [1.82, 2.24) is 20.2 Å². The summed E-state index contributed by atoms with van der Waals surface area (Å²) in [6.45, 7) is 3.56. The number of aromatic nitrogens is 2. The minimum absolute atomic E-state index is 0.238. The molecule has 6 nitrogen and oxygen atoms in total. The third kappa shape index (κ3) is 5.46. The average Bonchev–Trinajstić information content (AvgIpc) is 3.41. The zero-order chi connectivity index (χ0) is 24.1. The average molecular weight is 512 g/mol. The normalized spacial score (nSPS) is 13.7. The van der Waals surface area contributed by atoms with Gasteiger partial charge < -0.3 is 0 Å². The van der Waals surface area contributed by atoms with E-state index in [0.717, 1.165) is 46.9 Å². The molecule has 9 heteroatoms. The van der Waals surface area contributed by atoms with Crippen LogP contribution in [-0.4, -0.2) is 33.8 Å². The van der Waals surface area contributed by atoms with Crippen molar-refractivity contribution < 1.29 is 4.79 Å². The summed E-state index contributed by atoms with van der Waals surface area (Å²) in [6, 6.07) is 11.2. The molecule has 0 atom stereocenters. The number of hydrogen-bond acceptors (Lipinski definition) is 5. The Bertz CT molecular complexity index is 1310. The maximum atomic E-state index is 13.2. The molecule has 1 aliphatic rings. The van der Waals surface area contributed by atoms with Gasteiger partial charge in [0.1, 0.15) is 0 Å². The van der Waals surface area contributed by atoms with E-state index in [1.54, 1.807) is 22.9 Å². The van der Waals surface area contributed by atoms with Crippen molar-refractivity contribution in [2.75, 3.05) is 13.1 Å². The molecule has 1 fully saturated rings. The molecular formula is C25H23Cl2N5OS. The van der Waals surface area contributed by atoms with Crippen LogP contribution in [0.3, 0.4) is 0 Å². The Morgan fingerprint density at radius 3 is 2.71 bits per heavy atom. The highest BCUT2D eigenvalue weighted by Crippen LogP contribution is 2.36. The second-order valence-corrected chi connectivity index (χ2v) is 9.87. The Balaban J connectivity index is 1.74. The van der Waals surface area contributed by atoms with Gasteiger partial charge in [0.15, 0.2) is 5.69 Å². The van der Waals surface area contributed by atoms with E-state index in [0.29, 0.717) is 34.3 Å². The number of rotatable bonds is 5. The highest BCUT2D eigenvalue weighted by atomic mass is 35.5. The summed E-state index contributed by atoms with van der Waals surface area (Å²) in [7, 11) is 0. The van der Waals surface area contributed by atoms with Crippen LogP contribution < -0.4 is 5.43 Å². The SMILES string of the molecule is Cc1c(C(=O)NN2CCCCC2)nn(-c2ccc(Cl)cc2Cl)c1-c1ccc(C#CCCC#N)s1. The first-order valence-electron chi connectivity index (χ1n) is 11.0. The third-order valence-corrected chi connectivity index (χ3v) is 7.05. The molecule has 1 N–H and O–H groups in total. The molecule has 0 saturated carbocycles. The number of piperidine rings is 1. The number of halogens is 2. The number of hydrogen-bond donors (Lipinski definition) is 1. The number of carbonyl (C=O) groups is 1. The number of hydrazine groups is 1. The van der Waals surface area contributed by atoms with E-state index < -0.39 is 0 Å². The van der Waals surface area contributed by atoms with Crippen LogP contribution in [-0.2, 0) is 0 Å². The lowest BCUT2D eigenvalue weighted by molar-refractivity contribution is 0.0743. The molecule has 1 aromatic carbocycles. The summed E-state index contributed by atoms with van der Waals surface area (Å²) in [5.41, 5.74) is 5.53. The first-order chi connectivity index (χ1) is 16.5. The van der Waals surface area contributed by atoms with Gasteiger partial charge in [-0.25, -0.2) is 9.69 Å². The van der Waals surface area contributed by atoms with Gasteiger partial charge in [-0.15, -0.1) is 11.3 Å². The maximum absolute atomic E-state index is 13.2. The molecule has 34 heavy (non-hydrogen) atoms. The Hall–Kier alpha value is -2.81. The highest BCUT2D eigenvalue weighted by molar-refractivity contribution is 7.16. The lowest BCUT2D eigenvalue weighted by atomic mass is 10.1. The Kier molecular flexibility index (Phi) is 7.92.